The second-order valence-electron chi connectivity index (χ2n) is 3.99. The van der Waals surface area contributed by atoms with E-state index in [1.54, 1.807) is 11.3 Å². The lowest BCUT2D eigenvalue weighted by molar-refractivity contribution is 0.851. The fourth-order valence-electron chi connectivity index (χ4n) is 1.94. The molecule has 0 saturated heterocycles. The highest BCUT2D eigenvalue weighted by Crippen LogP contribution is 2.24. The summed E-state index contributed by atoms with van der Waals surface area (Å²) < 4.78 is 3.35. The van der Waals surface area contributed by atoms with Crippen molar-refractivity contribution in [1.29, 1.82) is 0 Å². The fraction of sp³-hybridized carbons (Fsp3) is 0.0769. The molecule has 4 heteroatoms. The van der Waals surface area contributed by atoms with E-state index in [0.717, 1.165) is 16.7 Å². The molecule has 0 aliphatic heterocycles. The quantitative estimate of drug-likeness (QED) is 0.759. The predicted octanol–water partition coefficient (Wildman–Crippen LogP) is 4.10. The molecular weight excluding hydrogens is 296 g/mol. The lowest BCUT2D eigenvalue weighted by atomic mass is 10.2. The minimum absolute atomic E-state index is 0.850. The first-order valence-corrected chi connectivity index (χ1v) is 6.97. The molecular formula is C13H11BrN2S. The Bertz CT molecular complexity index is 669. The van der Waals surface area contributed by atoms with E-state index >= 15 is 0 Å². The second-order valence-corrected chi connectivity index (χ2v) is 5.90. The molecule has 0 saturated carbocycles. The summed E-state index contributed by atoms with van der Waals surface area (Å²) in [6.07, 6.45) is 2.12. The van der Waals surface area contributed by atoms with E-state index in [9.17, 15) is 0 Å². The van der Waals surface area contributed by atoms with Gasteiger partial charge in [-0.25, -0.2) is 0 Å². The molecule has 0 aliphatic carbocycles. The predicted molar refractivity (Wildman–Crippen MR) is 77.5 cm³/mol. The number of fused-ring (bicyclic) bond motifs is 1. The Morgan fingerprint density at radius 1 is 1.24 bits per heavy atom. The number of nitrogen functional groups attached to an aromatic ring is 1. The maximum atomic E-state index is 5.74. The highest BCUT2D eigenvalue weighted by molar-refractivity contribution is 9.10. The molecule has 17 heavy (non-hydrogen) atoms. The van der Waals surface area contributed by atoms with Crippen LogP contribution < -0.4 is 5.73 Å². The third kappa shape index (κ3) is 2.10. The Balaban J connectivity index is 2.03. The SMILES string of the molecule is Nc1csc(Cn2ccc3ccc(Br)cc32)c1. The van der Waals surface area contributed by atoms with Gasteiger partial charge in [-0.2, -0.15) is 0 Å². The lowest BCUT2D eigenvalue weighted by Crippen LogP contribution is -1.95. The molecule has 2 N–H and O–H groups in total. The molecule has 0 radical (unpaired) electrons. The number of anilines is 1. The molecule has 0 bridgehead atoms. The summed E-state index contributed by atoms with van der Waals surface area (Å²) in [5, 5.41) is 3.24. The maximum Gasteiger partial charge on any atom is 0.0570 e. The average molecular weight is 307 g/mol. The molecule has 2 heterocycles. The Hall–Kier alpha value is -1.26. The summed E-state index contributed by atoms with van der Waals surface area (Å²) >= 11 is 5.21. The van der Waals surface area contributed by atoms with E-state index in [1.165, 1.54) is 15.8 Å². The van der Waals surface area contributed by atoms with Crippen LogP contribution in [0.3, 0.4) is 0 Å². The van der Waals surface area contributed by atoms with Gasteiger partial charge in [-0.15, -0.1) is 11.3 Å². The zero-order valence-electron chi connectivity index (χ0n) is 9.06. The van der Waals surface area contributed by atoms with Crippen LogP contribution in [0.25, 0.3) is 10.9 Å². The van der Waals surface area contributed by atoms with Crippen molar-refractivity contribution in [2.24, 2.45) is 0 Å². The van der Waals surface area contributed by atoms with Crippen molar-refractivity contribution in [3.8, 4) is 0 Å². The molecule has 3 rings (SSSR count). The number of nitrogens with two attached hydrogens (primary N) is 1. The summed E-state index contributed by atoms with van der Waals surface area (Å²) in [5.41, 5.74) is 7.83. The molecule has 2 aromatic heterocycles. The highest BCUT2D eigenvalue weighted by Gasteiger charge is 2.03. The van der Waals surface area contributed by atoms with Gasteiger partial charge in [0.1, 0.15) is 0 Å². The summed E-state index contributed by atoms with van der Waals surface area (Å²) in [7, 11) is 0. The van der Waals surface area contributed by atoms with Gasteiger partial charge in [0.15, 0.2) is 0 Å². The van der Waals surface area contributed by atoms with Gasteiger partial charge in [0.25, 0.3) is 0 Å². The van der Waals surface area contributed by atoms with Crippen molar-refractivity contribution in [1.82, 2.24) is 4.57 Å². The van der Waals surface area contributed by atoms with Gasteiger partial charge >= 0.3 is 0 Å². The number of halogens is 1. The minimum atomic E-state index is 0.850. The third-order valence-electron chi connectivity index (χ3n) is 2.74. The third-order valence-corrected chi connectivity index (χ3v) is 4.17. The monoisotopic (exact) mass is 306 g/mol. The van der Waals surface area contributed by atoms with Crippen LogP contribution in [0.5, 0.6) is 0 Å². The van der Waals surface area contributed by atoms with Crippen molar-refractivity contribution in [2.75, 3.05) is 5.73 Å². The number of hydrogen-bond acceptors (Lipinski definition) is 2. The average Bonchev–Trinajstić information content (AvgIpc) is 2.87. The first-order valence-electron chi connectivity index (χ1n) is 5.30. The Morgan fingerprint density at radius 2 is 2.12 bits per heavy atom. The Morgan fingerprint density at radius 3 is 2.88 bits per heavy atom. The lowest BCUT2D eigenvalue weighted by Gasteiger charge is -2.03. The van der Waals surface area contributed by atoms with E-state index < -0.39 is 0 Å². The summed E-state index contributed by atoms with van der Waals surface area (Å²) in [5.74, 6) is 0. The van der Waals surface area contributed by atoms with E-state index in [-0.39, 0.29) is 0 Å². The van der Waals surface area contributed by atoms with E-state index in [4.69, 9.17) is 5.73 Å². The van der Waals surface area contributed by atoms with Gasteiger partial charge in [0.2, 0.25) is 0 Å². The smallest absolute Gasteiger partial charge is 0.0570 e. The molecule has 0 atom stereocenters. The van der Waals surface area contributed by atoms with Crippen LogP contribution in [0.4, 0.5) is 5.69 Å². The van der Waals surface area contributed by atoms with E-state index in [2.05, 4.69) is 51.0 Å². The molecule has 0 spiro atoms. The largest absolute Gasteiger partial charge is 0.398 e. The zero-order chi connectivity index (χ0) is 11.8. The van der Waals surface area contributed by atoms with Gasteiger partial charge in [0, 0.05) is 32.1 Å². The maximum absolute atomic E-state index is 5.74. The zero-order valence-corrected chi connectivity index (χ0v) is 11.5. The molecule has 86 valence electrons. The first-order chi connectivity index (χ1) is 8.22. The molecule has 1 aromatic carbocycles. The van der Waals surface area contributed by atoms with Crippen molar-refractivity contribution >= 4 is 43.9 Å². The standard InChI is InChI=1S/C13H11BrN2S/c14-10-2-1-9-3-4-16(13(9)5-10)7-12-6-11(15)8-17-12/h1-6,8H,7,15H2. The molecule has 0 amide bonds. The number of aromatic nitrogens is 1. The summed E-state index contributed by atoms with van der Waals surface area (Å²) in [6.45, 7) is 0.877. The number of thiophene rings is 1. The van der Waals surface area contributed by atoms with Crippen LogP contribution in [-0.2, 0) is 6.54 Å². The molecule has 0 aliphatic rings. The van der Waals surface area contributed by atoms with Gasteiger partial charge in [-0.1, -0.05) is 22.0 Å². The van der Waals surface area contributed by atoms with Crippen LogP contribution in [-0.4, -0.2) is 4.57 Å². The number of hydrogen-bond donors (Lipinski definition) is 1. The van der Waals surface area contributed by atoms with Crippen molar-refractivity contribution in [3.63, 3.8) is 0 Å². The van der Waals surface area contributed by atoms with Crippen LogP contribution in [0.15, 0.2) is 46.4 Å². The van der Waals surface area contributed by atoms with Crippen LogP contribution in [0.1, 0.15) is 4.88 Å². The van der Waals surface area contributed by atoms with E-state index in [0.29, 0.717) is 0 Å². The van der Waals surface area contributed by atoms with Gasteiger partial charge in [-0.05, 0) is 29.7 Å². The van der Waals surface area contributed by atoms with Gasteiger partial charge < -0.3 is 10.3 Å². The summed E-state index contributed by atoms with van der Waals surface area (Å²) in [6, 6.07) is 10.5. The van der Waals surface area contributed by atoms with Crippen molar-refractivity contribution in [3.05, 3.63) is 51.3 Å². The molecule has 3 aromatic rings. The normalized spacial score (nSPS) is 11.1. The van der Waals surface area contributed by atoms with Crippen LogP contribution >= 0.6 is 27.3 Å². The number of rotatable bonds is 2. The fourth-order valence-corrected chi connectivity index (χ4v) is 3.07. The van der Waals surface area contributed by atoms with Gasteiger partial charge in [-0.3, -0.25) is 0 Å². The number of nitrogens with zero attached hydrogens (tertiary/aromatic N) is 1. The Labute approximate surface area is 112 Å². The highest BCUT2D eigenvalue weighted by atomic mass is 79.9. The molecule has 2 nitrogen and oxygen atoms in total. The topological polar surface area (TPSA) is 30.9 Å². The van der Waals surface area contributed by atoms with Crippen molar-refractivity contribution in [2.45, 2.75) is 6.54 Å². The summed E-state index contributed by atoms with van der Waals surface area (Å²) in [4.78, 5) is 1.28. The van der Waals surface area contributed by atoms with Crippen LogP contribution in [0, 0.1) is 0 Å². The van der Waals surface area contributed by atoms with E-state index in [1.807, 2.05) is 11.4 Å². The van der Waals surface area contributed by atoms with Crippen molar-refractivity contribution < 1.29 is 0 Å². The number of benzene rings is 1. The second kappa shape index (κ2) is 4.20. The van der Waals surface area contributed by atoms with Gasteiger partial charge in [0.05, 0.1) is 6.54 Å². The molecule has 0 fully saturated rings. The first kappa shape index (κ1) is 10.9. The minimum Gasteiger partial charge on any atom is -0.398 e. The Kier molecular flexibility index (Phi) is 2.68. The van der Waals surface area contributed by atoms with Crippen LogP contribution in [0.2, 0.25) is 0 Å². The molecule has 0 unspecified atom stereocenters.